The highest BCUT2D eigenvalue weighted by Crippen LogP contribution is 2.20. The van der Waals surface area contributed by atoms with Crippen molar-refractivity contribution in [2.75, 3.05) is 23.7 Å². The van der Waals surface area contributed by atoms with Crippen LogP contribution in [0.1, 0.15) is 12.8 Å². The number of amides is 2. The van der Waals surface area contributed by atoms with Crippen LogP contribution >= 0.6 is 0 Å². The first-order valence-electron chi connectivity index (χ1n) is 8.85. The molecule has 148 valence electrons. The van der Waals surface area contributed by atoms with E-state index >= 15 is 0 Å². The van der Waals surface area contributed by atoms with E-state index in [-0.39, 0.29) is 29.3 Å². The summed E-state index contributed by atoms with van der Waals surface area (Å²) in [6, 6.07) is 14.5. The van der Waals surface area contributed by atoms with Crippen LogP contribution in [0.2, 0.25) is 0 Å². The number of carbonyl (C=O) groups excluding carboxylic acids is 2. The average Bonchev–Trinajstić information content (AvgIpc) is 3.10. The number of hydrogen-bond donors (Lipinski definition) is 3. The van der Waals surface area contributed by atoms with Gasteiger partial charge in [0.1, 0.15) is 0 Å². The van der Waals surface area contributed by atoms with Crippen LogP contribution in [0.4, 0.5) is 11.4 Å². The molecule has 4 N–H and O–H groups in total. The minimum absolute atomic E-state index is 0.0342. The van der Waals surface area contributed by atoms with Gasteiger partial charge in [-0.2, -0.15) is 0 Å². The summed E-state index contributed by atoms with van der Waals surface area (Å²) in [5, 5.41) is 10.6. The van der Waals surface area contributed by atoms with Gasteiger partial charge in [0, 0.05) is 11.4 Å². The van der Waals surface area contributed by atoms with E-state index in [2.05, 4.69) is 10.6 Å². The standard InChI is InChI=1S/C19H22N4O4S/c20-28(26,27)16-9-4-8-15(12-16)21-18(24)13-23-11-5-10-17(23)19(25)22-14-6-2-1-3-7-14/h1-4,6-9,12,17H,5,10-11,13H2,(H,21,24)(H,22,25)(H2,20,26,27). The molecule has 0 aromatic heterocycles. The number of sulfonamides is 1. The van der Waals surface area contributed by atoms with Gasteiger partial charge in [-0.25, -0.2) is 13.6 Å². The molecule has 1 aliphatic rings. The third kappa shape index (κ3) is 5.16. The zero-order chi connectivity index (χ0) is 20.1. The minimum atomic E-state index is -3.85. The first-order chi connectivity index (χ1) is 13.3. The van der Waals surface area contributed by atoms with Gasteiger partial charge in [-0.3, -0.25) is 14.5 Å². The van der Waals surface area contributed by atoms with Gasteiger partial charge in [-0.1, -0.05) is 24.3 Å². The Morgan fingerprint density at radius 2 is 1.75 bits per heavy atom. The second-order valence-corrected chi connectivity index (χ2v) is 8.17. The van der Waals surface area contributed by atoms with E-state index in [4.69, 9.17) is 5.14 Å². The fourth-order valence-corrected chi connectivity index (χ4v) is 3.75. The van der Waals surface area contributed by atoms with Crippen LogP contribution in [0.5, 0.6) is 0 Å². The maximum atomic E-state index is 12.6. The smallest absolute Gasteiger partial charge is 0.241 e. The zero-order valence-corrected chi connectivity index (χ0v) is 16.0. The van der Waals surface area contributed by atoms with E-state index in [1.54, 1.807) is 6.07 Å². The van der Waals surface area contributed by atoms with E-state index in [1.165, 1.54) is 18.2 Å². The molecule has 8 nitrogen and oxygen atoms in total. The first-order valence-corrected chi connectivity index (χ1v) is 10.4. The van der Waals surface area contributed by atoms with Crippen LogP contribution < -0.4 is 15.8 Å². The maximum absolute atomic E-state index is 12.6. The van der Waals surface area contributed by atoms with Crippen LogP contribution in [0.25, 0.3) is 0 Å². The predicted octanol–water partition coefficient (Wildman–Crippen LogP) is 1.38. The van der Waals surface area contributed by atoms with Gasteiger partial charge in [-0.05, 0) is 49.7 Å². The van der Waals surface area contributed by atoms with E-state index < -0.39 is 10.0 Å². The van der Waals surface area contributed by atoms with Crippen LogP contribution in [-0.4, -0.2) is 44.3 Å². The minimum Gasteiger partial charge on any atom is -0.325 e. The molecule has 2 aromatic rings. The molecule has 1 saturated heterocycles. The van der Waals surface area contributed by atoms with Crippen molar-refractivity contribution in [2.45, 2.75) is 23.8 Å². The zero-order valence-electron chi connectivity index (χ0n) is 15.2. The van der Waals surface area contributed by atoms with Gasteiger partial charge in [0.05, 0.1) is 17.5 Å². The summed E-state index contributed by atoms with van der Waals surface area (Å²) in [7, 11) is -3.85. The summed E-state index contributed by atoms with van der Waals surface area (Å²) in [5.74, 6) is -0.473. The van der Waals surface area contributed by atoms with Crippen LogP contribution in [0.15, 0.2) is 59.5 Å². The Kier molecular flexibility index (Phi) is 6.08. The molecular formula is C19H22N4O4S. The summed E-state index contributed by atoms with van der Waals surface area (Å²) in [5.41, 5.74) is 1.05. The lowest BCUT2D eigenvalue weighted by molar-refractivity contribution is -0.122. The Bertz CT molecular complexity index is 963. The maximum Gasteiger partial charge on any atom is 0.241 e. The van der Waals surface area contributed by atoms with Gasteiger partial charge in [0.25, 0.3) is 0 Å². The molecule has 9 heteroatoms. The second-order valence-electron chi connectivity index (χ2n) is 6.60. The molecule has 1 fully saturated rings. The Labute approximate surface area is 163 Å². The summed E-state index contributed by atoms with van der Waals surface area (Å²) in [6.45, 7) is 0.671. The summed E-state index contributed by atoms with van der Waals surface area (Å²) in [6.07, 6.45) is 1.49. The van der Waals surface area contributed by atoms with Crippen molar-refractivity contribution >= 4 is 33.2 Å². The molecule has 1 aliphatic heterocycles. The average molecular weight is 402 g/mol. The molecule has 1 unspecified atom stereocenters. The number of primary sulfonamides is 1. The molecule has 0 saturated carbocycles. The van der Waals surface area contributed by atoms with Gasteiger partial charge in [-0.15, -0.1) is 0 Å². The Morgan fingerprint density at radius 3 is 2.46 bits per heavy atom. The lowest BCUT2D eigenvalue weighted by Gasteiger charge is -2.23. The molecule has 3 rings (SSSR count). The van der Waals surface area contributed by atoms with E-state index in [9.17, 15) is 18.0 Å². The first kappa shape index (κ1) is 20.0. The Hall–Kier alpha value is -2.75. The lowest BCUT2D eigenvalue weighted by atomic mass is 10.2. The Balaban J connectivity index is 1.61. The van der Waals surface area contributed by atoms with Crippen LogP contribution in [0.3, 0.4) is 0 Å². The van der Waals surface area contributed by atoms with Crippen molar-refractivity contribution in [1.82, 2.24) is 4.90 Å². The fraction of sp³-hybridized carbons (Fsp3) is 0.263. The van der Waals surface area contributed by atoms with Crippen molar-refractivity contribution in [2.24, 2.45) is 5.14 Å². The van der Waals surface area contributed by atoms with Crippen molar-refractivity contribution in [3.8, 4) is 0 Å². The number of rotatable bonds is 6. The molecular weight excluding hydrogens is 380 g/mol. The van der Waals surface area contributed by atoms with Crippen molar-refractivity contribution in [3.05, 3.63) is 54.6 Å². The van der Waals surface area contributed by atoms with E-state index in [0.717, 1.165) is 6.42 Å². The van der Waals surface area contributed by atoms with Gasteiger partial charge >= 0.3 is 0 Å². The monoisotopic (exact) mass is 402 g/mol. The van der Waals surface area contributed by atoms with Gasteiger partial charge < -0.3 is 10.6 Å². The highest BCUT2D eigenvalue weighted by Gasteiger charge is 2.32. The fourth-order valence-electron chi connectivity index (χ4n) is 3.20. The van der Waals surface area contributed by atoms with Crippen molar-refractivity contribution < 1.29 is 18.0 Å². The van der Waals surface area contributed by atoms with Crippen molar-refractivity contribution in [3.63, 3.8) is 0 Å². The van der Waals surface area contributed by atoms with Gasteiger partial charge in [0.2, 0.25) is 21.8 Å². The second kappa shape index (κ2) is 8.51. The largest absolute Gasteiger partial charge is 0.325 e. The number of benzene rings is 2. The predicted molar refractivity (Wildman–Crippen MR) is 106 cm³/mol. The number of carbonyl (C=O) groups is 2. The lowest BCUT2D eigenvalue weighted by Crippen LogP contribution is -2.43. The summed E-state index contributed by atoms with van der Waals surface area (Å²) in [4.78, 5) is 26.7. The molecule has 0 aliphatic carbocycles. The van der Waals surface area contributed by atoms with Crippen LogP contribution in [0, 0.1) is 0 Å². The molecule has 2 aromatic carbocycles. The van der Waals surface area contributed by atoms with E-state index in [1.807, 2.05) is 35.2 Å². The number of nitrogens with one attached hydrogen (secondary N) is 2. The molecule has 28 heavy (non-hydrogen) atoms. The van der Waals surface area contributed by atoms with Crippen LogP contribution in [-0.2, 0) is 19.6 Å². The molecule has 0 spiro atoms. The number of nitrogens with two attached hydrogens (primary N) is 1. The molecule has 2 amide bonds. The Morgan fingerprint density at radius 1 is 1.04 bits per heavy atom. The summed E-state index contributed by atoms with van der Waals surface area (Å²) >= 11 is 0. The SMILES string of the molecule is NS(=O)(=O)c1cccc(NC(=O)CN2CCCC2C(=O)Nc2ccccc2)c1. The normalized spacial score (nSPS) is 17.2. The number of para-hydroxylation sites is 1. The number of hydrogen-bond acceptors (Lipinski definition) is 5. The van der Waals surface area contributed by atoms with Crippen molar-refractivity contribution in [1.29, 1.82) is 0 Å². The number of nitrogens with zero attached hydrogens (tertiary/aromatic N) is 1. The number of anilines is 2. The third-order valence-corrected chi connectivity index (χ3v) is 5.41. The topological polar surface area (TPSA) is 122 Å². The number of likely N-dealkylation sites (tertiary alicyclic amines) is 1. The quantitative estimate of drug-likeness (QED) is 0.674. The third-order valence-electron chi connectivity index (χ3n) is 4.50. The highest BCUT2D eigenvalue weighted by atomic mass is 32.2. The van der Waals surface area contributed by atoms with Gasteiger partial charge in [0.15, 0.2) is 0 Å². The highest BCUT2D eigenvalue weighted by molar-refractivity contribution is 7.89. The molecule has 1 atom stereocenters. The molecule has 0 bridgehead atoms. The van der Waals surface area contributed by atoms with E-state index in [0.29, 0.717) is 24.3 Å². The molecule has 1 heterocycles. The summed E-state index contributed by atoms with van der Waals surface area (Å²) < 4.78 is 22.9. The molecule has 0 radical (unpaired) electrons.